The molecule has 0 aliphatic carbocycles. The Morgan fingerprint density at radius 1 is 1.04 bits per heavy atom. The smallest absolute Gasteiger partial charge is 0.338 e. The van der Waals surface area contributed by atoms with Crippen LogP contribution in [0.3, 0.4) is 0 Å². The van der Waals surface area contributed by atoms with Crippen LogP contribution in [0.15, 0.2) is 66.0 Å². The second-order valence-corrected chi connectivity index (χ2v) is 7.30. The minimum absolute atomic E-state index is 0.266. The fourth-order valence-corrected chi connectivity index (χ4v) is 3.59. The quantitative estimate of drug-likeness (QED) is 0.645. The average molecular weight is 379 g/mol. The number of thiophene rings is 1. The van der Waals surface area contributed by atoms with Crippen molar-refractivity contribution >= 4 is 23.2 Å². The second-order valence-electron chi connectivity index (χ2n) is 6.32. The first kappa shape index (κ1) is 18.9. The zero-order valence-corrected chi connectivity index (χ0v) is 16.1. The van der Waals surface area contributed by atoms with E-state index in [1.54, 1.807) is 17.4 Å². The van der Waals surface area contributed by atoms with Gasteiger partial charge in [-0.1, -0.05) is 54.1 Å². The molecule has 0 aliphatic rings. The van der Waals surface area contributed by atoms with E-state index in [2.05, 4.69) is 5.32 Å². The summed E-state index contributed by atoms with van der Waals surface area (Å²) in [6, 6.07) is 19.0. The van der Waals surface area contributed by atoms with E-state index in [4.69, 9.17) is 4.74 Å². The van der Waals surface area contributed by atoms with Crippen molar-refractivity contribution in [1.82, 2.24) is 5.32 Å². The molecule has 3 rings (SSSR count). The van der Waals surface area contributed by atoms with Crippen molar-refractivity contribution in [2.75, 3.05) is 6.61 Å². The van der Waals surface area contributed by atoms with Crippen LogP contribution < -0.4 is 5.32 Å². The molecule has 1 N–H and O–H groups in total. The summed E-state index contributed by atoms with van der Waals surface area (Å²) in [6.45, 7) is 3.44. The molecule has 0 fully saturated rings. The maximum absolute atomic E-state index is 12.4. The summed E-state index contributed by atoms with van der Waals surface area (Å²) in [7, 11) is 0. The predicted molar refractivity (Wildman–Crippen MR) is 107 cm³/mol. The molecule has 0 unspecified atom stereocenters. The first-order valence-corrected chi connectivity index (χ1v) is 9.54. The highest BCUT2D eigenvalue weighted by Gasteiger charge is 2.19. The standard InChI is InChI=1S/C22H21NO3S/c1-15-10-11-16(2)18(13-15)22(25)26-14-20(24)23-21(19-9-6-12-27-19)17-7-4-3-5-8-17/h3-13,21H,14H2,1-2H3,(H,23,24)/t21-/m1/s1. The number of nitrogens with one attached hydrogen (secondary N) is 1. The molecule has 27 heavy (non-hydrogen) atoms. The number of benzene rings is 2. The molecule has 3 aromatic rings. The highest BCUT2D eigenvalue weighted by Crippen LogP contribution is 2.25. The highest BCUT2D eigenvalue weighted by molar-refractivity contribution is 7.10. The summed E-state index contributed by atoms with van der Waals surface area (Å²) in [5, 5.41) is 4.93. The van der Waals surface area contributed by atoms with Crippen LogP contribution >= 0.6 is 11.3 Å². The molecule has 1 aromatic heterocycles. The molecule has 0 saturated carbocycles. The van der Waals surface area contributed by atoms with Crippen molar-refractivity contribution in [2.24, 2.45) is 0 Å². The number of hydrogen-bond donors (Lipinski definition) is 1. The Morgan fingerprint density at radius 3 is 2.52 bits per heavy atom. The van der Waals surface area contributed by atoms with Gasteiger partial charge in [0.05, 0.1) is 11.6 Å². The van der Waals surface area contributed by atoms with E-state index in [0.29, 0.717) is 5.56 Å². The van der Waals surface area contributed by atoms with Gasteiger partial charge < -0.3 is 10.1 Å². The molecular weight excluding hydrogens is 358 g/mol. The molecule has 4 nitrogen and oxygen atoms in total. The minimum atomic E-state index is -0.487. The van der Waals surface area contributed by atoms with Gasteiger partial charge in [0.2, 0.25) is 0 Å². The van der Waals surface area contributed by atoms with E-state index in [1.165, 1.54) is 0 Å². The van der Waals surface area contributed by atoms with Gasteiger partial charge in [-0.05, 0) is 42.5 Å². The molecule has 0 aliphatic heterocycles. The molecule has 1 heterocycles. The van der Waals surface area contributed by atoms with Crippen LogP contribution in [0.5, 0.6) is 0 Å². The maximum Gasteiger partial charge on any atom is 0.338 e. The Bertz CT molecular complexity index is 920. The number of hydrogen-bond acceptors (Lipinski definition) is 4. The SMILES string of the molecule is Cc1ccc(C)c(C(=O)OCC(=O)N[C@H](c2ccccc2)c2cccs2)c1. The molecule has 5 heteroatoms. The monoisotopic (exact) mass is 379 g/mol. The fraction of sp³-hybridized carbons (Fsp3) is 0.182. The lowest BCUT2D eigenvalue weighted by Gasteiger charge is -2.18. The van der Waals surface area contributed by atoms with Gasteiger partial charge >= 0.3 is 5.97 Å². The predicted octanol–water partition coefficient (Wildman–Crippen LogP) is 4.43. The van der Waals surface area contributed by atoms with Crippen molar-refractivity contribution < 1.29 is 14.3 Å². The van der Waals surface area contributed by atoms with Crippen molar-refractivity contribution in [3.8, 4) is 0 Å². The molecule has 2 aromatic carbocycles. The molecular formula is C22H21NO3S. The van der Waals surface area contributed by atoms with Crippen LogP contribution in [-0.4, -0.2) is 18.5 Å². The number of carbonyl (C=O) groups excluding carboxylic acids is 2. The Balaban J connectivity index is 1.66. The summed E-state index contributed by atoms with van der Waals surface area (Å²) in [6.07, 6.45) is 0. The topological polar surface area (TPSA) is 55.4 Å². The molecule has 0 saturated heterocycles. The van der Waals surface area contributed by atoms with E-state index < -0.39 is 5.97 Å². The third-order valence-electron chi connectivity index (χ3n) is 4.21. The summed E-state index contributed by atoms with van der Waals surface area (Å²) >= 11 is 1.57. The number of esters is 1. The van der Waals surface area contributed by atoms with Gasteiger partial charge in [-0.25, -0.2) is 4.79 Å². The third kappa shape index (κ3) is 4.83. The van der Waals surface area contributed by atoms with Gasteiger partial charge in [0.25, 0.3) is 5.91 Å². The molecule has 0 bridgehead atoms. The van der Waals surface area contributed by atoms with Crippen LogP contribution in [0, 0.1) is 13.8 Å². The van der Waals surface area contributed by atoms with Gasteiger partial charge in [-0.3, -0.25) is 4.79 Å². The summed E-state index contributed by atoms with van der Waals surface area (Å²) in [4.78, 5) is 25.8. The van der Waals surface area contributed by atoms with Crippen LogP contribution in [-0.2, 0) is 9.53 Å². The summed E-state index contributed by atoms with van der Waals surface area (Å²) < 4.78 is 5.23. The maximum atomic E-state index is 12.4. The lowest BCUT2D eigenvalue weighted by atomic mass is 10.1. The van der Waals surface area contributed by atoms with Crippen molar-refractivity contribution in [3.05, 3.63) is 93.2 Å². The number of amides is 1. The Labute approximate surface area is 162 Å². The average Bonchev–Trinajstić information content (AvgIpc) is 3.21. The van der Waals surface area contributed by atoms with Crippen molar-refractivity contribution in [1.29, 1.82) is 0 Å². The van der Waals surface area contributed by atoms with E-state index in [1.807, 2.05) is 73.8 Å². The molecule has 1 atom stereocenters. The van der Waals surface area contributed by atoms with Gasteiger partial charge in [0.1, 0.15) is 0 Å². The summed E-state index contributed by atoms with van der Waals surface area (Å²) in [5.41, 5.74) is 3.26. The Morgan fingerprint density at radius 2 is 1.81 bits per heavy atom. The number of ether oxygens (including phenoxy) is 1. The molecule has 0 radical (unpaired) electrons. The Kier molecular flexibility index (Phi) is 6.04. The first-order chi connectivity index (χ1) is 13.0. The van der Waals surface area contributed by atoms with Gasteiger partial charge in [0.15, 0.2) is 6.61 Å². The molecule has 138 valence electrons. The largest absolute Gasteiger partial charge is 0.452 e. The first-order valence-electron chi connectivity index (χ1n) is 8.66. The van der Waals surface area contributed by atoms with Gasteiger partial charge in [-0.2, -0.15) is 0 Å². The highest BCUT2D eigenvalue weighted by atomic mass is 32.1. The van der Waals surface area contributed by atoms with Gasteiger partial charge in [0, 0.05) is 4.88 Å². The number of carbonyl (C=O) groups is 2. The van der Waals surface area contributed by atoms with Crippen molar-refractivity contribution in [3.63, 3.8) is 0 Å². The summed E-state index contributed by atoms with van der Waals surface area (Å²) in [5.74, 6) is -0.824. The normalized spacial score (nSPS) is 11.6. The third-order valence-corrected chi connectivity index (χ3v) is 5.15. The fourth-order valence-electron chi connectivity index (χ4n) is 2.79. The van der Waals surface area contributed by atoms with Gasteiger partial charge in [-0.15, -0.1) is 11.3 Å². The number of rotatable bonds is 6. The van der Waals surface area contributed by atoms with Crippen LogP contribution in [0.25, 0.3) is 0 Å². The molecule has 1 amide bonds. The van der Waals surface area contributed by atoms with E-state index >= 15 is 0 Å². The number of aryl methyl sites for hydroxylation is 2. The van der Waals surface area contributed by atoms with Crippen LogP contribution in [0.4, 0.5) is 0 Å². The lowest BCUT2D eigenvalue weighted by molar-refractivity contribution is -0.124. The van der Waals surface area contributed by atoms with Crippen LogP contribution in [0.1, 0.15) is 38.0 Å². The van der Waals surface area contributed by atoms with E-state index in [0.717, 1.165) is 21.6 Å². The lowest BCUT2D eigenvalue weighted by Crippen LogP contribution is -2.32. The van der Waals surface area contributed by atoms with Crippen LogP contribution in [0.2, 0.25) is 0 Å². The second kappa shape index (κ2) is 8.64. The zero-order chi connectivity index (χ0) is 19.2. The zero-order valence-electron chi connectivity index (χ0n) is 15.3. The van der Waals surface area contributed by atoms with E-state index in [9.17, 15) is 9.59 Å². The molecule has 0 spiro atoms. The minimum Gasteiger partial charge on any atom is -0.452 e. The van der Waals surface area contributed by atoms with E-state index in [-0.39, 0.29) is 18.6 Å². The Hall–Kier alpha value is -2.92. The van der Waals surface area contributed by atoms with Crippen molar-refractivity contribution in [2.45, 2.75) is 19.9 Å².